The number of pyridine rings is 1. The van der Waals surface area contributed by atoms with Gasteiger partial charge in [-0.1, -0.05) is 6.92 Å². The molecule has 0 saturated heterocycles. The molecule has 0 bridgehead atoms. The summed E-state index contributed by atoms with van der Waals surface area (Å²) in [7, 11) is 0. The van der Waals surface area contributed by atoms with Gasteiger partial charge in [0.05, 0.1) is 18.8 Å². The quantitative estimate of drug-likeness (QED) is 0.607. The van der Waals surface area contributed by atoms with Crippen molar-refractivity contribution in [2.75, 3.05) is 24.3 Å². The number of nitrogens with one attached hydrogen (secondary N) is 1. The van der Waals surface area contributed by atoms with E-state index in [4.69, 9.17) is 5.73 Å². The van der Waals surface area contributed by atoms with Crippen molar-refractivity contribution in [3.05, 3.63) is 17.7 Å². The Hall–Kier alpha value is -1.47. The van der Waals surface area contributed by atoms with Crippen LogP contribution in [0.25, 0.3) is 0 Å². The maximum Gasteiger partial charge on any atom is 0.168 e. The molecule has 1 aromatic rings. The molecule has 17 heavy (non-hydrogen) atoms. The largest absolute Gasteiger partial charge is 0.394 e. The van der Waals surface area contributed by atoms with Crippen molar-refractivity contribution in [1.29, 1.82) is 0 Å². The van der Waals surface area contributed by atoms with Gasteiger partial charge in [0.25, 0.3) is 0 Å². The minimum absolute atomic E-state index is 0.297. The van der Waals surface area contributed by atoms with Gasteiger partial charge >= 0.3 is 0 Å². The maximum atomic E-state index is 13.4. The molecule has 0 unspecified atom stereocenters. The van der Waals surface area contributed by atoms with Crippen molar-refractivity contribution < 1.29 is 19.0 Å². The third-order valence-corrected chi connectivity index (χ3v) is 2.62. The SMILES string of the molecule is CCC(CO)(CO)Nc1nc(N)c(F)cc1F. The Morgan fingerprint density at radius 2 is 1.94 bits per heavy atom. The van der Waals surface area contributed by atoms with Crippen molar-refractivity contribution in [3.8, 4) is 0 Å². The van der Waals surface area contributed by atoms with E-state index < -0.39 is 36.2 Å². The third kappa shape index (κ3) is 2.80. The first-order chi connectivity index (χ1) is 7.98. The molecule has 0 aliphatic carbocycles. The lowest BCUT2D eigenvalue weighted by Crippen LogP contribution is -2.45. The summed E-state index contributed by atoms with van der Waals surface area (Å²) in [6, 6.07) is 0.597. The molecule has 0 amide bonds. The number of nitrogens with zero attached hydrogens (tertiary/aromatic N) is 1. The molecule has 0 radical (unpaired) electrons. The summed E-state index contributed by atoms with van der Waals surface area (Å²) in [5.41, 5.74) is 4.10. The van der Waals surface area contributed by atoms with Gasteiger partial charge in [-0.05, 0) is 6.42 Å². The van der Waals surface area contributed by atoms with E-state index in [0.29, 0.717) is 12.5 Å². The summed E-state index contributed by atoms with van der Waals surface area (Å²) in [5, 5.41) is 20.9. The molecule has 0 atom stereocenters. The number of nitrogens with two attached hydrogens (primary N) is 1. The van der Waals surface area contributed by atoms with Gasteiger partial charge in [0, 0.05) is 6.07 Å². The lowest BCUT2D eigenvalue weighted by molar-refractivity contribution is 0.132. The highest BCUT2D eigenvalue weighted by Gasteiger charge is 2.28. The van der Waals surface area contributed by atoms with Crippen LogP contribution in [0.4, 0.5) is 20.4 Å². The van der Waals surface area contributed by atoms with Crippen molar-refractivity contribution in [2.24, 2.45) is 0 Å². The highest BCUT2D eigenvalue weighted by Crippen LogP contribution is 2.22. The summed E-state index contributed by atoms with van der Waals surface area (Å²) in [4.78, 5) is 3.50. The van der Waals surface area contributed by atoms with Crippen LogP contribution in [0.15, 0.2) is 6.07 Å². The summed E-state index contributed by atoms with van der Waals surface area (Å²) in [6.07, 6.45) is 0.332. The fourth-order valence-corrected chi connectivity index (χ4v) is 1.26. The van der Waals surface area contributed by atoms with Crippen LogP contribution in [0, 0.1) is 11.6 Å². The van der Waals surface area contributed by atoms with E-state index in [0.717, 1.165) is 0 Å². The molecule has 0 spiro atoms. The number of aliphatic hydroxyl groups excluding tert-OH is 2. The number of aromatic nitrogens is 1. The molecule has 96 valence electrons. The smallest absolute Gasteiger partial charge is 0.168 e. The molecule has 1 aromatic heterocycles. The molecule has 0 aliphatic rings. The van der Waals surface area contributed by atoms with Crippen molar-refractivity contribution in [1.82, 2.24) is 4.98 Å². The predicted molar refractivity (Wildman–Crippen MR) is 59.4 cm³/mol. The summed E-state index contributed by atoms with van der Waals surface area (Å²) in [6.45, 7) is 0.862. The van der Waals surface area contributed by atoms with Gasteiger partial charge in [-0.2, -0.15) is 0 Å². The molecule has 5 nitrogen and oxygen atoms in total. The summed E-state index contributed by atoms with van der Waals surface area (Å²) < 4.78 is 26.3. The number of hydrogen-bond acceptors (Lipinski definition) is 5. The first-order valence-corrected chi connectivity index (χ1v) is 5.09. The van der Waals surface area contributed by atoms with E-state index in [2.05, 4.69) is 10.3 Å². The Labute approximate surface area is 97.3 Å². The minimum Gasteiger partial charge on any atom is -0.394 e. The van der Waals surface area contributed by atoms with Crippen LogP contribution < -0.4 is 11.1 Å². The Morgan fingerprint density at radius 3 is 2.41 bits per heavy atom. The Morgan fingerprint density at radius 1 is 1.35 bits per heavy atom. The zero-order valence-electron chi connectivity index (χ0n) is 9.37. The Kier molecular flexibility index (Phi) is 4.19. The van der Waals surface area contributed by atoms with Crippen molar-refractivity contribution in [3.63, 3.8) is 0 Å². The van der Waals surface area contributed by atoms with E-state index in [1.54, 1.807) is 6.92 Å². The molecular formula is C10H15F2N3O2. The van der Waals surface area contributed by atoms with Gasteiger partial charge < -0.3 is 21.3 Å². The van der Waals surface area contributed by atoms with Crippen LogP contribution in [0.5, 0.6) is 0 Å². The van der Waals surface area contributed by atoms with E-state index >= 15 is 0 Å². The van der Waals surface area contributed by atoms with E-state index in [9.17, 15) is 19.0 Å². The number of nitrogen functional groups attached to an aromatic ring is 1. The first kappa shape index (κ1) is 13.6. The fraction of sp³-hybridized carbons (Fsp3) is 0.500. The van der Waals surface area contributed by atoms with Gasteiger partial charge in [-0.25, -0.2) is 13.8 Å². The highest BCUT2D eigenvalue weighted by atomic mass is 19.1. The van der Waals surface area contributed by atoms with Gasteiger partial charge in [0.2, 0.25) is 0 Å². The molecule has 1 rings (SSSR count). The zero-order valence-corrected chi connectivity index (χ0v) is 9.37. The number of halogens is 2. The second kappa shape index (κ2) is 5.24. The monoisotopic (exact) mass is 247 g/mol. The number of hydrogen-bond donors (Lipinski definition) is 4. The van der Waals surface area contributed by atoms with Gasteiger partial charge in [-0.3, -0.25) is 0 Å². The third-order valence-electron chi connectivity index (χ3n) is 2.62. The molecule has 7 heteroatoms. The number of rotatable bonds is 5. The van der Waals surface area contributed by atoms with E-state index in [-0.39, 0.29) is 5.82 Å². The molecule has 0 aliphatic heterocycles. The summed E-state index contributed by atoms with van der Waals surface area (Å²) in [5.74, 6) is -2.64. The molecule has 5 N–H and O–H groups in total. The van der Waals surface area contributed by atoms with Crippen LogP contribution in [0.2, 0.25) is 0 Å². The van der Waals surface area contributed by atoms with Crippen LogP contribution >= 0.6 is 0 Å². The second-order valence-electron chi connectivity index (χ2n) is 3.76. The van der Waals surface area contributed by atoms with E-state index in [1.165, 1.54) is 0 Å². The van der Waals surface area contributed by atoms with Gasteiger partial charge in [0.1, 0.15) is 0 Å². The maximum absolute atomic E-state index is 13.4. The lowest BCUT2D eigenvalue weighted by Gasteiger charge is -2.30. The number of anilines is 2. The summed E-state index contributed by atoms with van der Waals surface area (Å²) >= 11 is 0. The number of aliphatic hydroxyl groups is 2. The van der Waals surface area contributed by atoms with Crippen molar-refractivity contribution in [2.45, 2.75) is 18.9 Å². The normalized spacial score (nSPS) is 11.6. The van der Waals surface area contributed by atoms with Gasteiger partial charge in [0.15, 0.2) is 23.3 Å². The average molecular weight is 247 g/mol. The molecular weight excluding hydrogens is 232 g/mol. The van der Waals surface area contributed by atoms with Crippen molar-refractivity contribution >= 4 is 11.6 Å². The average Bonchev–Trinajstić information content (AvgIpc) is 2.33. The highest BCUT2D eigenvalue weighted by molar-refractivity contribution is 5.46. The second-order valence-corrected chi connectivity index (χ2v) is 3.76. The lowest BCUT2D eigenvalue weighted by atomic mass is 9.98. The fourth-order valence-electron chi connectivity index (χ4n) is 1.26. The molecule has 1 heterocycles. The molecule has 0 aromatic carbocycles. The first-order valence-electron chi connectivity index (χ1n) is 5.09. The van der Waals surface area contributed by atoms with Crippen LogP contribution in [0.1, 0.15) is 13.3 Å². The zero-order chi connectivity index (χ0) is 13.1. The Balaban J connectivity index is 3.05. The molecule has 0 saturated carbocycles. The van der Waals surface area contributed by atoms with Crippen LogP contribution in [-0.2, 0) is 0 Å². The minimum atomic E-state index is -1.11. The van der Waals surface area contributed by atoms with Gasteiger partial charge in [-0.15, -0.1) is 0 Å². The topological polar surface area (TPSA) is 91.4 Å². The molecule has 0 fully saturated rings. The standard InChI is InChI=1S/C10H15F2N3O2/c1-2-10(4-16,5-17)15-9-7(12)3-6(11)8(13)14-9/h3,16-17H,2,4-5H2,1H3,(H3,13,14,15). The predicted octanol–water partition coefficient (Wildman–Crippen LogP) is 0.487. The Bertz CT molecular complexity index is 389. The van der Waals surface area contributed by atoms with Crippen LogP contribution in [-0.4, -0.2) is 33.9 Å². The van der Waals surface area contributed by atoms with E-state index in [1.807, 2.05) is 0 Å². The van der Waals surface area contributed by atoms with Crippen LogP contribution in [0.3, 0.4) is 0 Å².